The molecule has 182 valence electrons. The maximum atomic E-state index is 12.6. The van der Waals surface area contributed by atoms with Crippen LogP contribution in [-0.4, -0.2) is 73.0 Å². The normalized spacial score (nSPS) is 21.2. The second kappa shape index (κ2) is 12.5. The predicted molar refractivity (Wildman–Crippen MR) is 140 cm³/mol. The number of nitrogens with one attached hydrogen (secondary N) is 2. The lowest BCUT2D eigenvalue weighted by Crippen LogP contribution is -2.55. The van der Waals surface area contributed by atoms with E-state index in [1.54, 1.807) is 0 Å². The van der Waals surface area contributed by atoms with Crippen molar-refractivity contribution >= 4 is 47.4 Å². The van der Waals surface area contributed by atoms with Gasteiger partial charge < -0.3 is 25.2 Å². The molecule has 1 saturated carbocycles. The lowest BCUT2D eigenvalue weighted by Gasteiger charge is -2.37. The lowest BCUT2D eigenvalue weighted by molar-refractivity contribution is -0.142. The van der Waals surface area contributed by atoms with Crippen LogP contribution in [0, 0.1) is 5.92 Å². The van der Waals surface area contributed by atoms with Gasteiger partial charge in [-0.05, 0) is 50.3 Å². The highest BCUT2D eigenvalue weighted by Crippen LogP contribution is 2.27. The fourth-order valence-corrected chi connectivity index (χ4v) is 4.37. The maximum absolute atomic E-state index is 12.6. The fraction of sp³-hybridized carbons (Fsp3) is 0.625. The summed E-state index contributed by atoms with van der Waals surface area (Å²) >= 11 is 0. The molecule has 1 atom stereocenters. The Morgan fingerprint density at radius 2 is 1.85 bits per heavy atom. The van der Waals surface area contributed by atoms with E-state index >= 15 is 0 Å². The SMILES string of the molecule is CCNC(=NCc1cccc(NC(=O)C2CCC2)c1)N1CCN(C(=O)C2CCCO2)CC1.I. The molecule has 2 aliphatic heterocycles. The topological polar surface area (TPSA) is 86.3 Å². The van der Waals surface area contributed by atoms with Crippen molar-refractivity contribution in [2.75, 3.05) is 44.6 Å². The van der Waals surface area contributed by atoms with Gasteiger partial charge in [-0.25, -0.2) is 4.99 Å². The van der Waals surface area contributed by atoms with Crippen molar-refractivity contribution in [3.63, 3.8) is 0 Å². The lowest BCUT2D eigenvalue weighted by atomic mass is 9.85. The smallest absolute Gasteiger partial charge is 0.251 e. The molecular formula is C24H36IN5O3. The first-order valence-electron chi connectivity index (χ1n) is 12.0. The molecule has 1 aromatic carbocycles. The number of piperazine rings is 1. The quantitative estimate of drug-likeness (QED) is 0.313. The molecule has 0 spiro atoms. The number of rotatable bonds is 6. The van der Waals surface area contributed by atoms with E-state index in [-0.39, 0.29) is 47.8 Å². The molecule has 33 heavy (non-hydrogen) atoms. The molecule has 2 amide bonds. The minimum absolute atomic E-state index is 0. The Bertz CT molecular complexity index is 831. The molecule has 3 aliphatic rings. The van der Waals surface area contributed by atoms with Crippen molar-refractivity contribution < 1.29 is 14.3 Å². The summed E-state index contributed by atoms with van der Waals surface area (Å²) in [6.45, 7) is 6.94. The number of carbonyl (C=O) groups excluding carboxylic acids is 2. The van der Waals surface area contributed by atoms with Crippen molar-refractivity contribution in [1.29, 1.82) is 0 Å². The summed E-state index contributed by atoms with van der Waals surface area (Å²) in [5.74, 6) is 1.29. The van der Waals surface area contributed by atoms with E-state index in [0.717, 1.165) is 68.9 Å². The van der Waals surface area contributed by atoms with E-state index in [1.807, 2.05) is 29.2 Å². The van der Waals surface area contributed by atoms with E-state index in [2.05, 4.69) is 22.5 Å². The number of halogens is 1. The first-order chi connectivity index (χ1) is 15.6. The van der Waals surface area contributed by atoms with Crippen LogP contribution in [-0.2, 0) is 20.9 Å². The van der Waals surface area contributed by atoms with Gasteiger partial charge >= 0.3 is 0 Å². The third-order valence-corrected chi connectivity index (χ3v) is 6.51. The minimum atomic E-state index is -0.250. The molecule has 8 nitrogen and oxygen atoms in total. The largest absolute Gasteiger partial charge is 0.368 e. The zero-order valence-electron chi connectivity index (χ0n) is 19.4. The Hall–Kier alpha value is -1.88. The molecule has 2 saturated heterocycles. The van der Waals surface area contributed by atoms with E-state index < -0.39 is 0 Å². The third-order valence-electron chi connectivity index (χ3n) is 6.51. The van der Waals surface area contributed by atoms with Gasteiger partial charge in [0, 0.05) is 50.9 Å². The fourth-order valence-electron chi connectivity index (χ4n) is 4.37. The van der Waals surface area contributed by atoms with Gasteiger partial charge in [0.2, 0.25) is 5.91 Å². The number of anilines is 1. The van der Waals surface area contributed by atoms with E-state index in [9.17, 15) is 9.59 Å². The van der Waals surface area contributed by atoms with Crippen LogP contribution >= 0.6 is 24.0 Å². The summed E-state index contributed by atoms with van der Waals surface area (Å²) < 4.78 is 5.56. The summed E-state index contributed by atoms with van der Waals surface area (Å²) in [6, 6.07) is 7.93. The molecule has 0 radical (unpaired) electrons. The van der Waals surface area contributed by atoms with Gasteiger partial charge in [0.25, 0.3) is 5.91 Å². The summed E-state index contributed by atoms with van der Waals surface area (Å²) in [7, 11) is 0. The Labute approximate surface area is 213 Å². The van der Waals surface area contributed by atoms with Gasteiger partial charge in [0.15, 0.2) is 5.96 Å². The number of ether oxygens (including phenoxy) is 1. The van der Waals surface area contributed by atoms with Crippen molar-refractivity contribution in [3.8, 4) is 0 Å². The highest BCUT2D eigenvalue weighted by molar-refractivity contribution is 14.0. The second-order valence-corrected chi connectivity index (χ2v) is 8.80. The van der Waals surface area contributed by atoms with Crippen molar-refractivity contribution in [1.82, 2.24) is 15.1 Å². The van der Waals surface area contributed by atoms with Crippen molar-refractivity contribution in [2.45, 2.75) is 51.7 Å². The van der Waals surface area contributed by atoms with Crippen LogP contribution in [0.3, 0.4) is 0 Å². The summed E-state index contributed by atoms with van der Waals surface area (Å²) in [6.07, 6.45) is 4.70. The molecule has 4 rings (SSSR count). The van der Waals surface area contributed by atoms with Gasteiger partial charge in [0.05, 0.1) is 6.54 Å². The number of carbonyl (C=O) groups is 2. The summed E-state index contributed by atoms with van der Waals surface area (Å²) in [5, 5.41) is 6.41. The van der Waals surface area contributed by atoms with Crippen LogP contribution in [0.25, 0.3) is 0 Å². The number of hydrogen-bond donors (Lipinski definition) is 2. The minimum Gasteiger partial charge on any atom is -0.368 e. The van der Waals surface area contributed by atoms with Gasteiger partial charge in [-0.2, -0.15) is 0 Å². The standard InChI is InChI=1S/C24H35N5O3.HI/c1-2-25-24(29-13-11-28(12-14-29)23(31)21-10-5-15-32-21)26-17-18-6-3-9-20(16-18)27-22(30)19-7-4-8-19;/h3,6,9,16,19,21H,2,4-5,7-8,10-15,17H2,1H3,(H,25,26)(H,27,30);1H. The number of aliphatic imine (C=N–C) groups is 1. The molecule has 0 bridgehead atoms. The molecule has 0 aromatic heterocycles. The van der Waals surface area contributed by atoms with Gasteiger partial charge in [-0.1, -0.05) is 18.6 Å². The average Bonchev–Trinajstić information content (AvgIpc) is 3.30. The van der Waals surface area contributed by atoms with E-state index in [0.29, 0.717) is 26.2 Å². The second-order valence-electron chi connectivity index (χ2n) is 8.80. The molecule has 2 N–H and O–H groups in total. The Morgan fingerprint density at radius 3 is 2.48 bits per heavy atom. The van der Waals surface area contributed by atoms with Gasteiger partial charge in [0.1, 0.15) is 6.10 Å². The summed E-state index contributed by atoms with van der Waals surface area (Å²) in [4.78, 5) is 33.8. The average molecular weight is 569 g/mol. The number of guanidine groups is 1. The molecule has 2 heterocycles. The zero-order chi connectivity index (χ0) is 22.3. The number of benzene rings is 1. The summed E-state index contributed by atoms with van der Waals surface area (Å²) in [5.41, 5.74) is 1.89. The zero-order valence-corrected chi connectivity index (χ0v) is 21.8. The molecule has 1 aliphatic carbocycles. The first kappa shape index (κ1) is 25.7. The monoisotopic (exact) mass is 569 g/mol. The molecule has 1 unspecified atom stereocenters. The van der Waals surface area contributed by atoms with Crippen LogP contribution < -0.4 is 10.6 Å². The van der Waals surface area contributed by atoms with E-state index in [4.69, 9.17) is 9.73 Å². The molecule has 1 aromatic rings. The van der Waals surface area contributed by atoms with Crippen LogP contribution in [0.15, 0.2) is 29.3 Å². The van der Waals surface area contributed by atoms with Gasteiger partial charge in [-0.3, -0.25) is 9.59 Å². The highest BCUT2D eigenvalue weighted by Gasteiger charge is 2.31. The molecule has 3 fully saturated rings. The Kier molecular flexibility index (Phi) is 9.78. The van der Waals surface area contributed by atoms with Crippen molar-refractivity contribution in [2.24, 2.45) is 10.9 Å². The van der Waals surface area contributed by atoms with Crippen LogP contribution in [0.4, 0.5) is 5.69 Å². The van der Waals surface area contributed by atoms with Crippen LogP contribution in [0.1, 0.15) is 44.6 Å². The van der Waals surface area contributed by atoms with E-state index in [1.165, 1.54) is 0 Å². The predicted octanol–water partition coefficient (Wildman–Crippen LogP) is 2.83. The highest BCUT2D eigenvalue weighted by atomic mass is 127. The third kappa shape index (κ3) is 6.81. The number of hydrogen-bond acceptors (Lipinski definition) is 4. The molecular weight excluding hydrogens is 533 g/mol. The van der Waals surface area contributed by atoms with Gasteiger partial charge in [-0.15, -0.1) is 24.0 Å². The Balaban J connectivity index is 0.00000306. The first-order valence-corrected chi connectivity index (χ1v) is 12.0. The van der Waals surface area contributed by atoms with Crippen LogP contribution in [0.5, 0.6) is 0 Å². The van der Waals surface area contributed by atoms with Crippen LogP contribution in [0.2, 0.25) is 0 Å². The number of nitrogens with zero attached hydrogens (tertiary/aromatic N) is 3. The number of amides is 2. The van der Waals surface area contributed by atoms with Crippen molar-refractivity contribution in [3.05, 3.63) is 29.8 Å². The maximum Gasteiger partial charge on any atom is 0.251 e. The Morgan fingerprint density at radius 1 is 1.09 bits per heavy atom. The molecule has 9 heteroatoms.